The number of aliphatic carboxylic acids is 1. The Bertz CT molecular complexity index is 1190. The number of carbonyl (C=O) groups is 5. The highest BCUT2D eigenvalue weighted by Gasteiger charge is 2.26. The fourth-order valence-corrected chi connectivity index (χ4v) is 5.54. The fourth-order valence-electron chi connectivity index (χ4n) is 5.54. The molecule has 1 fully saturated rings. The van der Waals surface area contributed by atoms with Crippen LogP contribution in [0.5, 0.6) is 0 Å². The normalized spacial score (nSPS) is 16.1. The molecule has 1 saturated heterocycles. The monoisotopic (exact) mass is 864 g/mol. The van der Waals surface area contributed by atoms with Crippen molar-refractivity contribution in [3.05, 3.63) is 0 Å². The molecule has 1 heterocycles. The average Bonchev–Trinajstić information content (AvgIpc) is 3.09. The summed E-state index contributed by atoms with van der Waals surface area (Å²) >= 11 is 0. The molecule has 2 N–H and O–H groups in total. The van der Waals surface area contributed by atoms with Crippen LogP contribution >= 0.6 is 0 Å². The molecule has 1 aliphatic heterocycles. The van der Waals surface area contributed by atoms with Crippen molar-refractivity contribution in [3.8, 4) is 0 Å². The molecule has 60 heavy (non-hydrogen) atoms. The van der Waals surface area contributed by atoms with E-state index in [1.807, 2.05) is 81.9 Å². The first-order valence-corrected chi connectivity index (χ1v) is 21.0. The highest BCUT2D eigenvalue weighted by atomic mass is 16.6. The van der Waals surface area contributed by atoms with Gasteiger partial charge in [-0.05, 0) is 62.3 Å². The number of hydrogen-bond acceptors (Lipinski definition) is 17. The van der Waals surface area contributed by atoms with Crippen LogP contribution in [0.25, 0.3) is 0 Å². The molecule has 0 atom stereocenters. The van der Waals surface area contributed by atoms with Crippen LogP contribution in [-0.4, -0.2) is 222 Å². The fraction of sp³-hybridized carbons (Fsp3) is 0.878. The van der Waals surface area contributed by atoms with E-state index >= 15 is 0 Å². The molecule has 1 rings (SSSR count). The van der Waals surface area contributed by atoms with Crippen molar-refractivity contribution < 1.29 is 67.0 Å². The van der Waals surface area contributed by atoms with Crippen molar-refractivity contribution in [1.82, 2.24) is 24.9 Å². The zero-order valence-corrected chi connectivity index (χ0v) is 38.0. The predicted octanol–water partition coefficient (Wildman–Crippen LogP) is 0.907. The number of esters is 3. The lowest BCUT2D eigenvalue weighted by atomic mass is 10.2. The Morgan fingerprint density at radius 2 is 0.700 bits per heavy atom. The van der Waals surface area contributed by atoms with Crippen molar-refractivity contribution in [2.75, 3.05) is 151 Å². The van der Waals surface area contributed by atoms with Crippen LogP contribution in [0.1, 0.15) is 68.7 Å². The lowest BCUT2D eigenvalue weighted by Crippen LogP contribution is -2.50. The second kappa shape index (κ2) is 30.1. The highest BCUT2D eigenvalue weighted by molar-refractivity contribution is 5.78. The van der Waals surface area contributed by atoms with Gasteiger partial charge in [-0.3, -0.25) is 43.6 Å². The molecule has 0 bridgehead atoms. The van der Waals surface area contributed by atoms with Gasteiger partial charge in [0.15, 0.2) is 0 Å². The van der Waals surface area contributed by atoms with Gasteiger partial charge in [-0.25, -0.2) is 0 Å². The number of hydrogen-bond donors (Lipinski definition) is 2. The summed E-state index contributed by atoms with van der Waals surface area (Å²) in [6, 6.07) is 0. The third kappa shape index (κ3) is 33.7. The molecule has 19 nitrogen and oxygen atoms in total. The molecule has 0 aromatic rings. The summed E-state index contributed by atoms with van der Waals surface area (Å²) in [5.74, 6) is -2.17. The number of nitrogens with zero attached hydrogens (tertiary/aromatic N) is 4. The molecule has 0 spiro atoms. The zero-order chi connectivity index (χ0) is 45.0. The smallest absolute Gasteiger partial charge is 0.320 e. The van der Waals surface area contributed by atoms with Crippen LogP contribution in [0, 0.1) is 0 Å². The molecular weight excluding hydrogens is 786 g/mol. The minimum Gasteiger partial charge on any atom is -0.481 e. The SMILES string of the molecule is CC(C)(C)OC(=O)CN1CCN(CC(=O)NCCOCCOCCOCCOCCOCCC(=O)O)CCN(CC(=O)OC(C)(C)C)CCN(CC(=O)OC(C)(C)C)CC1. The minimum absolute atomic E-state index is 0.0326. The third-order valence-electron chi connectivity index (χ3n) is 8.13. The summed E-state index contributed by atoms with van der Waals surface area (Å²) in [6.07, 6.45) is -0.0326. The van der Waals surface area contributed by atoms with Crippen LogP contribution in [-0.2, 0) is 61.9 Å². The number of carbonyl (C=O) groups excluding carboxylic acids is 4. The van der Waals surface area contributed by atoms with E-state index < -0.39 is 22.8 Å². The molecule has 350 valence electrons. The first kappa shape index (κ1) is 55.0. The van der Waals surface area contributed by atoms with Gasteiger partial charge in [0.05, 0.1) is 98.7 Å². The lowest BCUT2D eigenvalue weighted by Gasteiger charge is -2.34. The van der Waals surface area contributed by atoms with E-state index in [4.69, 9.17) is 43.0 Å². The first-order valence-electron chi connectivity index (χ1n) is 21.0. The lowest BCUT2D eigenvalue weighted by molar-refractivity contribution is -0.158. The molecule has 19 heteroatoms. The Hall–Kier alpha value is -3.01. The standard InChI is InChI=1S/C41H77N5O14/c1-39(2,3)58-36(50)31-44-14-12-43(30-34(47)42-11-21-54-23-25-56-27-29-57-28-26-55-24-22-53-20-10-35(48)49)13-15-45(32-37(51)59-40(4,5)6)17-19-46(18-16-44)33-38(52)60-41(7,8)9/h10-33H2,1-9H3,(H,42,47)(H,48,49). The topological polar surface area (TPSA) is 204 Å². The number of amides is 1. The van der Waals surface area contributed by atoms with Gasteiger partial charge in [-0.2, -0.15) is 0 Å². The van der Waals surface area contributed by atoms with Crippen LogP contribution in [0.4, 0.5) is 0 Å². The van der Waals surface area contributed by atoms with Gasteiger partial charge in [-0.1, -0.05) is 0 Å². The maximum absolute atomic E-state index is 13.1. The Morgan fingerprint density at radius 3 is 0.983 bits per heavy atom. The highest BCUT2D eigenvalue weighted by Crippen LogP contribution is 2.11. The minimum atomic E-state index is -0.898. The van der Waals surface area contributed by atoms with Crippen LogP contribution in [0.3, 0.4) is 0 Å². The molecule has 1 aliphatic rings. The van der Waals surface area contributed by atoms with Crippen molar-refractivity contribution in [2.45, 2.75) is 85.5 Å². The third-order valence-corrected chi connectivity index (χ3v) is 8.13. The summed E-state index contributed by atoms with van der Waals surface area (Å²) in [7, 11) is 0. The van der Waals surface area contributed by atoms with E-state index in [9.17, 15) is 24.0 Å². The summed E-state index contributed by atoms with van der Waals surface area (Å²) in [5, 5.41) is 11.5. The molecular formula is C41H77N5O14. The van der Waals surface area contributed by atoms with Crippen molar-refractivity contribution >= 4 is 29.8 Å². The Morgan fingerprint density at radius 1 is 0.433 bits per heavy atom. The maximum Gasteiger partial charge on any atom is 0.320 e. The number of rotatable bonds is 26. The summed E-state index contributed by atoms with van der Waals surface area (Å²) in [6.45, 7) is 24.0. The van der Waals surface area contributed by atoms with E-state index in [0.717, 1.165) is 0 Å². The van der Waals surface area contributed by atoms with Gasteiger partial charge in [0.1, 0.15) is 16.8 Å². The average molecular weight is 864 g/mol. The first-order chi connectivity index (χ1) is 28.1. The van der Waals surface area contributed by atoms with Gasteiger partial charge >= 0.3 is 23.9 Å². The Balaban J connectivity index is 2.70. The van der Waals surface area contributed by atoms with Gasteiger partial charge in [0.2, 0.25) is 5.91 Å². The molecule has 0 unspecified atom stereocenters. The molecule has 0 radical (unpaired) electrons. The molecule has 1 amide bonds. The van der Waals surface area contributed by atoms with E-state index in [2.05, 4.69) is 5.32 Å². The second-order valence-electron chi connectivity index (χ2n) is 17.4. The van der Waals surface area contributed by atoms with Gasteiger partial charge in [0, 0.05) is 58.9 Å². The second-order valence-corrected chi connectivity index (χ2v) is 17.4. The van der Waals surface area contributed by atoms with Crippen LogP contribution in [0.15, 0.2) is 0 Å². The number of carboxylic acids is 1. The summed E-state index contributed by atoms with van der Waals surface area (Å²) in [4.78, 5) is 70.3. The zero-order valence-electron chi connectivity index (χ0n) is 38.0. The maximum atomic E-state index is 13.1. The number of carboxylic acid groups (broad SMARTS) is 1. The molecule has 0 aromatic heterocycles. The van der Waals surface area contributed by atoms with E-state index in [1.165, 1.54) is 0 Å². The summed E-state index contributed by atoms with van der Waals surface area (Å²) in [5.41, 5.74) is -1.95. The van der Waals surface area contributed by atoms with Crippen molar-refractivity contribution in [2.24, 2.45) is 0 Å². The summed E-state index contributed by atoms with van der Waals surface area (Å²) < 4.78 is 44.0. The van der Waals surface area contributed by atoms with E-state index in [1.54, 1.807) is 0 Å². The predicted molar refractivity (Wildman–Crippen MR) is 223 cm³/mol. The molecule has 0 saturated carbocycles. The number of ether oxygens (including phenoxy) is 8. The Labute approximate surface area is 357 Å². The van der Waals surface area contributed by atoms with Gasteiger partial charge in [0.25, 0.3) is 0 Å². The van der Waals surface area contributed by atoms with E-state index in [-0.39, 0.29) is 63.0 Å². The van der Waals surface area contributed by atoms with Crippen LogP contribution < -0.4 is 5.32 Å². The van der Waals surface area contributed by atoms with Crippen molar-refractivity contribution in [1.29, 1.82) is 0 Å². The number of nitrogens with one attached hydrogen (secondary N) is 1. The van der Waals surface area contributed by atoms with Crippen LogP contribution in [0.2, 0.25) is 0 Å². The van der Waals surface area contributed by atoms with E-state index in [0.29, 0.717) is 118 Å². The Kier molecular flexibility index (Phi) is 27.6. The van der Waals surface area contributed by atoms with Gasteiger partial charge < -0.3 is 48.3 Å². The van der Waals surface area contributed by atoms with Gasteiger partial charge in [-0.15, -0.1) is 0 Å². The molecule has 0 aliphatic carbocycles. The van der Waals surface area contributed by atoms with Crippen molar-refractivity contribution in [3.63, 3.8) is 0 Å². The largest absolute Gasteiger partial charge is 0.481 e. The quantitative estimate of drug-likeness (QED) is 0.0705. The molecule has 0 aromatic carbocycles.